The molecule has 0 bridgehead atoms. The fourth-order valence-electron chi connectivity index (χ4n) is 2.53. The number of pyridine rings is 1. The minimum atomic E-state index is 0.439. The third-order valence-corrected chi connectivity index (χ3v) is 3.47. The summed E-state index contributed by atoms with van der Waals surface area (Å²) in [6.07, 6.45) is 4.18. The van der Waals surface area contributed by atoms with E-state index in [0.717, 1.165) is 11.4 Å². The molecule has 17 heavy (non-hydrogen) atoms. The smallest absolute Gasteiger partial charge is 0.0603 e. The Morgan fingerprint density at radius 1 is 1.18 bits per heavy atom. The third-order valence-electron chi connectivity index (χ3n) is 3.47. The van der Waals surface area contributed by atoms with Crippen LogP contribution < -0.4 is 5.32 Å². The van der Waals surface area contributed by atoms with Crippen LogP contribution in [0.2, 0.25) is 0 Å². The van der Waals surface area contributed by atoms with Crippen molar-refractivity contribution in [3.05, 3.63) is 59.4 Å². The van der Waals surface area contributed by atoms with Gasteiger partial charge < -0.3 is 5.32 Å². The van der Waals surface area contributed by atoms with E-state index in [0.29, 0.717) is 6.04 Å². The second-order valence-corrected chi connectivity index (χ2v) is 4.57. The normalized spacial score (nSPS) is 17.8. The predicted molar refractivity (Wildman–Crippen MR) is 70.1 cm³/mol. The molecule has 0 amide bonds. The Kier molecular flexibility index (Phi) is 2.56. The van der Waals surface area contributed by atoms with Crippen molar-refractivity contribution in [3.8, 4) is 0 Å². The van der Waals surface area contributed by atoms with Gasteiger partial charge in [-0.1, -0.05) is 24.3 Å². The Balaban J connectivity index is 1.87. The van der Waals surface area contributed by atoms with Crippen LogP contribution in [-0.4, -0.2) is 4.98 Å². The number of hydrogen-bond acceptors (Lipinski definition) is 2. The van der Waals surface area contributed by atoms with E-state index in [9.17, 15) is 0 Å². The van der Waals surface area contributed by atoms with Gasteiger partial charge in [-0.05, 0) is 43.0 Å². The molecule has 3 rings (SSSR count). The first kappa shape index (κ1) is 10.3. The monoisotopic (exact) mass is 224 g/mol. The number of rotatable bonds is 2. The highest BCUT2D eigenvalue weighted by molar-refractivity contribution is 5.50. The Morgan fingerprint density at radius 2 is 2.06 bits per heavy atom. The van der Waals surface area contributed by atoms with E-state index in [4.69, 9.17) is 0 Å². The summed E-state index contributed by atoms with van der Waals surface area (Å²) in [5.41, 5.74) is 5.13. The van der Waals surface area contributed by atoms with E-state index in [1.807, 2.05) is 19.2 Å². The van der Waals surface area contributed by atoms with Crippen LogP contribution >= 0.6 is 0 Å². The Bertz CT molecular complexity index is 534. The summed E-state index contributed by atoms with van der Waals surface area (Å²) in [4.78, 5) is 4.31. The summed E-state index contributed by atoms with van der Waals surface area (Å²) in [5, 5.41) is 3.60. The predicted octanol–water partition coefficient (Wildman–Crippen LogP) is 3.49. The molecule has 2 nitrogen and oxygen atoms in total. The van der Waals surface area contributed by atoms with Crippen LogP contribution in [0.4, 0.5) is 5.69 Å². The minimum Gasteiger partial charge on any atom is -0.377 e. The molecule has 0 saturated carbocycles. The van der Waals surface area contributed by atoms with Gasteiger partial charge in [-0.3, -0.25) is 4.98 Å². The number of nitrogens with zero attached hydrogens (tertiary/aromatic N) is 1. The second kappa shape index (κ2) is 4.21. The molecule has 0 aliphatic heterocycles. The van der Waals surface area contributed by atoms with E-state index in [-0.39, 0.29) is 0 Å². The van der Waals surface area contributed by atoms with E-state index < -0.39 is 0 Å². The summed E-state index contributed by atoms with van der Waals surface area (Å²) in [7, 11) is 0. The highest BCUT2D eigenvalue weighted by atomic mass is 14.9. The lowest BCUT2D eigenvalue weighted by Crippen LogP contribution is -2.08. The van der Waals surface area contributed by atoms with Gasteiger partial charge in [-0.15, -0.1) is 0 Å². The van der Waals surface area contributed by atoms with Gasteiger partial charge in [0.2, 0.25) is 0 Å². The highest BCUT2D eigenvalue weighted by Crippen LogP contribution is 2.33. The lowest BCUT2D eigenvalue weighted by Gasteiger charge is -2.16. The van der Waals surface area contributed by atoms with E-state index in [1.165, 1.54) is 24.0 Å². The van der Waals surface area contributed by atoms with Crippen LogP contribution in [-0.2, 0) is 6.42 Å². The zero-order chi connectivity index (χ0) is 11.7. The van der Waals surface area contributed by atoms with Gasteiger partial charge in [-0.2, -0.15) is 0 Å². The van der Waals surface area contributed by atoms with Gasteiger partial charge in [0.25, 0.3) is 0 Å². The first-order valence-corrected chi connectivity index (χ1v) is 6.10. The van der Waals surface area contributed by atoms with Crippen LogP contribution in [0.25, 0.3) is 0 Å². The summed E-state index contributed by atoms with van der Waals surface area (Å²) in [6.45, 7) is 2.04. The van der Waals surface area contributed by atoms with Gasteiger partial charge in [0.15, 0.2) is 0 Å². The average Bonchev–Trinajstić information content (AvgIpc) is 2.76. The zero-order valence-electron chi connectivity index (χ0n) is 9.98. The Hall–Kier alpha value is -1.83. The molecule has 1 aromatic heterocycles. The summed E-state index contributed by atoms with van der Waals surface area (Å²) < 4.78 is 0. The molecule has 1 heterocycles. The lowest BCUT2D eigenvalue weighted by molar-refractivity contribution is 0.760. The molecular weight excluding hydrogens is 208 g/mol. The topological polar surface area (TPSA) is 24.9 Å². The van der Waals surface area contributed by atoms with Crippen molar-refractivity contribution in [2.45, 2.75) is 25.8 Å². The molecule has 2 aromatic rings. The van der Waals surface area contributed by atoms with E-state index in [1.54, 1.807) is 0 Å². The SMILES string of the molecule is Cc1ncccc1NC1CCc2ccccc21. The maximum absolute atomic E-state index is 4.31. The maximum atomic E-state index is 4.31. The van der Waals surface area contributed by atoms with Crippen molar-refractivity contribution in [1.29, 1.82) is 0 Å². The minimum absolute atomic E-state index is 0.439. The van der Waals surface area contributed by atoms with Crippen molar-refractivity contribution >= 4 is 5.69 Å². The van der Waals surface area contributed by atoms with Crippen molar-refractivity contribution in [2.75, 3.05) is 5.32 Å². The molecule has 1 atom stereocenters. The number of benzene rings is 1. The molecule has 86 valence electrons. The first-order chi connectivity index (χ1) is 8.34. The fourth-order valence-corrected chi connectivity index (χ4v) is 2.53. The molecule has 1 unspecified atom stereocenters. The first-order valence-electron chi connectivity index (χ1n) is 6.10. The molecule has 0 fully saturated rings. The molecule has 1 aliphatic carbocycles. The number of aromatic nitrogens is 1. The lowest BCUT2D eigenvalue weighted by atomic mass is 10.1. The number of aryl methyl sites for hydroxylation is 2. The quantitative estimate of drug-likeness (QED) is 0.844. The van der Waals surface area contributed by atoms with Gasteiger partial charge in [0.1, 0.15) is 0 Å². The number of hydrogen-bond donors (Lipinski definition) is 1. The zero-order valence-corrected chi connectivity index (χ0v) is 9.98. The largest absolute Gasteiger partial charge is 0.377 e. The van der Waals surface area contributed by atoms with Gasteiger partial charge >= 0.3 is 0 Å². The maximum Gasteiger partial charge on any atom is 0.0603 e. The van der Waals surface area contributed by atoms with Gasteiger partial charge in [0.05, 0.1) is 17.4 Å². The van der Waals surface area contributed by atoms with Crippen molar-refractivity contribution in [2.24, 2.45) is 0 Å². The molecule has 2 heteroatoms. The van der Waals surface area contributed by atoms with Crippen LogP contribution in [0.3, 0.4) is 0 Å². The van der Waals surface area contributed by atoms with Crippen molar-refractivity contribution in [1.82, 2.24) is 4.98 Å². The van der Waals surface area contributed by atoms with Crippen LogP contribution in [0.5, 0.6) is 0 Å². The molecule has 1 aliphatic rings. The summed E-state index contributed by atoms with van der Waals surface area (Å²) in [6, 6.07) is 13.2. The third kappa shape index (κ3) is 1.91. The molecule has 0 radical (unpaired) electrons. The van der Waals surface area contributed by atoms with E-state index in [2.05, 4.69) is 40.6 Å². The molecular formula is C15H16N2. The Labute approximate surface area is 102 Å². The number of anilines is 1. The standard InChI is InChI=1S/C15H16N2/c1-11-14(7-4-10-16-11)17-15-9-8-12-5-2-3-6-13(12)15/h2-7,10,15,17H,8-9H2,1H3. The fraction of sp³-hybridized carbons (Fsp3) is 0.267. The molecule has 1 aromatic carbocycles. The molecule has 1 N–H and O–H groups in total. The van der Waals surface area contributed by atoms with E-state index >= 15 is 0 Å². The van der Waals surface area contributed by atoms with Crippen molar-refractivity contribution in [3.63, 3.8) is 0 Å². The number of fused-ring (bicyclic) bond motifs is 1. The number of nitrogens with one attached hydrogen (secondary N) is 1. The van der Waals surface area contributed by atoms with Crippen molar-refractivity contribution < 1.29 is 0 Å². The van der Waals surface area contributed by atoms with Crippen LogP contribution in [0, 0.1) is 6.92 Å². The molecule has 0 saturated heterocycles. The van der Waals surface area contributed by atoms with Gasteiger partial charge in [-0.25, -0.2) is 0 Å². The second-order valence-electron chi connectivity index (χ2n) is 4.57. The Morgan fingerprint density at radius 3 is 2.94 bits per heavy atom. The summed E-state index contributed by atoms with van der Waals surface area (Å²) in [5.74, 6) is 0. The molecule has 0 spiro atoms. The van der Waals surface area contributed by atoms with Crippen LogP contribution in [0.1, 0.15) is 29.3 Å². The highest BCUT2D eigenvalue weighted by Gasteiger charge is 2.21. The van der Waals surface area contributed by atoms with Crippen LogP contribution in [0.15, 0.2) is 42.6 Å². The average molecular weight is 224 g/mol. The van der Waals surface area contributed by atoms with Gasteiger partial charge in [0, 0.05) is 6.20 Å². The summed E-state index contributed by atoms with van der Waals surface area (Å²) >= 11 is 0.